The molecule has 1 saturated heterocycles. The van der Waals surface area contributed by atoms with Crippen LogP contribution in [0.15, 0.2) is 36.7 Å². The van der Waals surface area contributed by atoms with Gasteiger partial charge in [0, 0.05) is 31.5 Å². The maximum atomic E-state index is 12.6. The average Bonchev–Trinajstić information content (AvgIpc) is 2.62. The second-order valence-corrected chi connectivity index (χ2v) is 5.88. The second-order valence-electron chi connectivity index (χ2n) is 5.88. The monoisotopic (exact) mass is 347 g/mol. The molecule has 0 amide bonds. The van der Waals surface area contributed by atoms with E-state index in [1.165, 1.54) is 12.3 Å². The van der Waals surface area contributed by atoms with Gasteiger partial charge in [-0.15, -0.1) is 0 Å². The van der Waals surface area contributed by atoms with Crippen LogP contribution in [0.3, 0.4) is 0 Å². The van der Waals surface area contributed by atoms with Gasteiger partial charge in [-0.05, 0) is 37.1 Å². The number of anilines is 2. The third-order valence-corrected chi connectivity index (χ3v) is 4.07. The van der Waals surface area contributed by atoms with Crippen molar-refractivity contribution in [2.45, 2.75) is 25.1 Å². The molecule has 0 radical (unpaired) electrons. The van der Waals surface area contributed by atoms with Gasteiger partial charge in [0.05, 0.1) is 11.1 Å². The molecule has 0 saturated carbocycles. The number of alkyl halides is 3. The van der Waals surface area contributed by atoms with Crippen molar-refractivity contribution in [3.8, 4) is 6.07 Å². The molecule has 3 heterocycles. The lowest BCUT2D eigenvalue weighted by atomic mass is 10.1. The predicted molar refractivity (Wildman–Crippen MR) is 87.0 cm³/mol. The SMILES string of the molecule is N#Cc1ccc(N[C@H]2CCCN(c3ccc(C(F)(F)F)cn3)C2)nc1. The summed E-state index contributed by atoms with van der Waals surface area (Å²) in [5.41, 5.74) is -0.255. The zero-order valence-corrected chi connectivity index (χ0v) is 13.3. The molecule has 2 aromatic rings. The zero-order valence-electron chi connectivity index (χ0n) is 13.3. The zero-order chi connectivity index (χ0) is 17.9. The molecule has 0 aliphatic carbocycles. The number of nitrogens with zero attached hydrogens (tertiary/aromatic N) is 4. The fraction of sp³-hybridized carbons (Fsp3) is 0.353. The first kappa shape index (κ1) is 17.0. The van der Waals surface area contributed by atoms with Gasteiger partial charge in [0.1, 0.15) is 17.7 Å². The molecule has 130 valence electrons. The molecule has 5 nitrogen and oxygen atoms in total. The molecule has 2 aromatic heterocycles. The highest BCUT2D eigenvalue weighted by Crippen LogP contribution is 2.30. The summed E-state index contributed by atoms with van der Waals surface area (Å²) in [4.78, 5) is 10.1. The lowest BCUT2D eigenvalue weighted by Crippen LogP contribution is -2.42. The van der Waals surface area contributed by atoms with E-state index in [0.29, 0.717) is 23.7 Å². The highest BCUT2D eigenvalue weighted by Gasteiger charge is 2.31. The highest BCUT2D eigenvalue weighted by molar-refractivity contribution is 5.44. The van der Waals surface area contributed by atoms with Crippen LogP contribution in [0.5, 0.6) is 0 Å². The molecule has 1 atom stereocenters. The van der Waals surface area contributed by atoms with Gasteiger partial charge in [0.25, 0.3) is 0 Å². The van der Waals surface area contributed by atoms with Crippen molar-refractivity contribution in [1.82, 2.24) is 9.97 Å². The van der Waals surface area contributed by atoms with E-state index in [4.69, 9.17) is 5.26 Å². The summed E-state index contributed by atoms with van der Waals surface area (Å²) in [5.74, 6) is 1.21. The number of pyridine rings is 2. The Morgan fingerprint density at radius 3 is 2.60 bits per heavy atom. The number of aromatic nitrogens is 2. The van der Waals surface area contributed by atoms with Crippen molar-refractivity contribution in [3.05, 3.63) is 47.8 Å². The van der Waals surface area contributed by atoms with Gasteiger partial charge in [0.15, 0.2) is 0 Å². The third-order valence-electron chi connectivity index (χ3n) is 4.07. The van der Waals surface area contributed by atoms with E-state index in [1.807, 2.05) is 11.0 Å². The van der Waals surface area contributed by atoms with E-state index in [9.17, 15) is 13.2 Å². The summed E-state index contributed by atoms with van der Waals surface area (Å²) >= 11 is 0. The van der Waals surface area contributed by atoms with Crippen molar-refractivity contribution in [1.29, 1.82) is 5.26 Å². The van der Waals surface area contributed by atoms with Crippen LogP contribution in [-0.4, -0.2) is 29.1 Å². The van der Waals surface area contributed by atoms with Crippen molar-refractivity contribution in [2.24, 2.45) is 0 Å². The fourth-order valence-electron chi connectivity index (χ4n) is 2.80. The summed E-state index contributed by atoms with van der Waals surface area (Å²) in [6.07, 6.45) is -0.177. The minimum Gasteiger partial charge on any atom is -0.366 e. The van der Waals surface area contributed by atoms with Crippen LogP contribution in [0.2, 0.25) is 0 Å². The van der Waals surface area contributed by atoms with Gasteiger partial charge in [0.2, 0.25) is 0 Å². The van der Waals surface area contributed by atoms with E-state index < -0.39 is 11.7 Å². The molecule has 1 aliphatic rings. The van der Waals surface area contributed by atoms with Crippen LogP contribution < -0.4 is 10.2 Å². The smallest absolute Gasteiger partial charge is 0.366 e. The maximum Gasteiger partial charge on any atom is 0.417 e. The van der Waals surface area contributed by atoms with E-state index in [2.05, 4.69) is 15.3 Å². The molecular weight excluding hydrogens is 331 g/mol. The van der Waals surface area contributed by atoms with Crippen LogP contribution in [0.4, 0.5) is 24.8 Å². The van der Waals surface area contributed by atoms with E-state index in [1.54, 1.807) is 12.1 Å². The normalized spacial score (nSPS) is 17.8. The van der Waals surface area contributed by atoms with Gasteiger partial charge in [-0.2, -0.15) is 18.4 Å². The molecule has 3 rings (SSSR count). The van der Waals surface area contributed by atoms with E-state index in [0.717, 1.165) is 31.6 Å². The van der Waals surface area contributed by atoms with Gasteiger partial charge < -0.3 is 10.2 Å². The van der Waals surface area contributed by atoms with E-state index >= 15 is 0 Å². The van der Waals surface area contributed by atoms with Crippen LogP contribution >= 0.6 is 0 Å². The average molecular weight is 347 g/mol. The summed E-state index contributed by atoms with van der Waals surface area (Å²) in [7, 11) is 0. The molecule has 1 N–H and O–H groups in total. The Balaban J connectivity index is 1.65. The molecule has 0 spiro atoms. The summed E-state index contributed by atoms with van der Waals surface area (Å²) in [6, 6.07) is 8.02. The third kappa shape index (κ3) is 4.18. The lowest BCUT2D eigenvalue weighted by Gasteiger charge is -2.34. The molecular formula is C17H16F3N5. The first-order chi connectivity index (χ1) is 12.0. The number of hydrogen-bond donors (Lipinski definition) is 1. The number of halogens is 3. The Bertz CT molecular complexity index is 750. The minimum absolute atomic E-state index is 0.110. The minimum atomic E-state index is -4.38. The summed E-state index contributed by atoms with van der Waals surface area (Å²) in [6.45, 7) is 1.37. The molecule has 25 heavy (non-hydrogen) atoms. The van der Waals surface area contributed by atoms with Crippen LogP contribution in [0, 0.1) is 11.3 Å². The predicted octanol–water partition coefficient (Wildman–Crippen LogP) is 3.45. The van der Waals surface area contributed by atoms with Crippen molar-refractivity contribution in [3.63, 3.8) is 0 Å². The molecule has 1 fully saturated rings. The number of hydrogen-bond acceptors (Lipinski definition) is 5. The fourth-order valence-corrected chi connectivity index (χ4v) is 2.80. The molecule has 8 heteroatoms. The van der Waals surface area contributed by atoms with Gasteiger partial charge >= 0.3 is 6.18 Å². The number of nitriles is 1. The highest BCUT2D eigenvalue weighted by atomic mass is 19.4. The summed E-state index contributed by atoms with van der Waals surface area (Å²) in [5, 5.41) is 12.1. The second kappa shape index (κ2) is 6.97. The maximum absolute atomic E-state index is 12.6. The summed E-state index contributed by atoms with van der Waals surface area (Å²) < 4.78 is 37.9. The molecule has 0 unspecified atom stereocenters. The Morgan fingerprint density at radius 2 is 2.00 bits per heavy atom. The Kier molecular flexibility index (Phi) is 4.74. The Morgan fingerprint density at radius 1 is 1.16 bits per heavy atom. The number of nitrogens with one attached hydrogen (secondary N) is 1. The lowest BCUT2D eigenvalue weighted by molar-refractivity contribution is -0.137. The molecule has 1 aliphatic heterocycles. The van der Waals surface area contributed by atoms with Gasteiger partial charge in [-0.3, -0.25) is 0 Å². The number of piperidine rings is 1. The Hall–Kier alpha value is -2.82. The van der Waals surface area contributed by atoms with Gasteiger partial charge in [-0.1, -0.05) is 0 Å². The topological polar surface area (TPSA) is 64.8 Å². The van der Waals surface area contributed by atoms with Gasteiger partial charge in [-0.25, -0.2) is 9.97 Å². The number of rotatable bonds is 3. The Labute approximate surface area is 143 Å². The van der Waals surface area contributed by atoms with Crippen LogP contribution in [0.25, 0.3) is 0 Å². The standard InChI is InChI=1S/C17H16F3N5/c18-17(19,20)13-4-6-16(23-10-13)25-7-1-2-14(11-25)24-15-5-3-12(8-21)9-22-15/h3-6,9-10,14H,1-2,7,11H2,(H,22,24)/t14-/m0/s1. The van der Waals surface area contributed by atoms with Crippen LogP contribution in [0.1, 0.15) is 24.0 Å². The first-order valence-electron chi connectivity index (χ1n) is 7.86. The first-order valence-corrected chi connectivity index (χ1v) is 7.86. The quantitative estimate of drug-likeness (QED) is 0.921. The van der Waals surface area contributed by atoms with Crippen molar-refractivity contribution >= 4 is 11.6 Å². The molecule has 0 aromatic carbocycles. The van der Waals surface area contributed by atoms with Crippen molar-refractivity contribution in [2.75, 3.05) is 23.3 Å². The van der Waals surface area contributed by atoms with Crippen LogP contribution in [-0.2, 0) is 6.18 Å². The molecule has 0 bridgehead atoms. The largest absolute Gasteiger partial charge is 0.417 e. The van der Waals surface area contributed by atoms with E-state index in [-0.39, 0.29) is 6.04 Å². The van der Waals surface area contributed by atoms with Crippen molar-refractivity contribution < 1.29 is 13.2 Å².